The van der Waals surface area contributed by atoms with E-state index in [1.165, 1.54) is 0 Å². The number of carbonyl (C=O) groups is 1. The van der Waals surface area contributed by atoms with Gasteiger partial charge in [-0.05, 0) is 41.0 Å². The Morgan fingerprint density at radius 2 is 2.18 bits per heavy atom. The van der Waals surface area contributed by atoms with E-state index in [0.717, 1.165) is 19.6 Å². The Labute approximate surface area is 134 Å². The number of rotatable bonds is 7. The molecule has 0 aromatic heterocycles. The van der Waals surface area contributed by atoms with Gasteiger partial charge in [0.05, 0.1) is 25.9 Å². The Hall–Kier alpha value is -0.850. The van der Waals surface area contributed by atoms with Crippen LogP contribution in [-0.4, -0.2) is 68.2 Å². The second-order valence-electron chi connectivity index (χ2n) is 6.69. The molecule has 130 valence electrons. The van der Waals surface area contributed by atoms with Crippen molar-refractivity contribution in [1.82, 2.24) is 10.2 Å². The molecular formula is C16H32N2O4. The minimum atomic E-state index is -0.471. The average Bonchev–Trinajstić information content (AvgIpc) is 2.42. The molecule has 6 heteroatoms. The molecule has 1 fully saturated rings. The lowest BCUT2D eigenvalue weighted by Crippen LogP contribution is -2.52. The van der Waals surface area contributed by atoms with Crippen molar-refractivity contribution in [2.24, 2.45) is 0 Å². The van der Waals surface area contributed by atoms with Gasteiger partial charge < -0.3 is 24.4 Å². The first-order chi connectivity index (χ1) is 10.3. The third kappa shape index (κ3) is 7.42. The molecule has 22 heavy (non-hydrogen) atoms. The van der Waals surface area contributed by atoms with Gasteiger partial charge >= 0.3 is 6.09 Å². The van der Waals surface area contributed by atoms with E-state index < -0.39 is 5.60 Å². The number of amides is 1. The third-order valence-electron chi connectivity index (χ3n) is 3.42. The molecule has 2 unspecified atom stereocenters. The lowest BCUT2D eigenvalue weighted by molar-refractivity contribution is -0.0356. The zero-order valence-corrected chi connectivity index (χ0v) is 14.7. The fraction of sp³-hybridized carbons (Fsp3) is 0.938. The van der Waals surface area contributed by atoms with Gasteiger partial charge in [-0.1, -0.05) is 0 Å². The van der Waals surface area contributed by atoms with Gasteiger partial charge in [0.1, 0.15) is 5.60 Å². The molecule has 1 aliphatic heterocycles. The van der Waals surface area contributed by atoms with Crippen molar-refractivity contribution in [3.05, 3.63) is 0 Å². The van der Waals surface area contributed by atoms with Crippen molar-refractivity contribution in [3.8, 4) is 0 Å². The summed E-state index contributed by atoms with van der Waals surface area (Å²) in [6, 6.07) is 0.343. The maximum Gasteiger partial charge on any atom is 0.410 e. The molecule has 0 aliphatic carbocycles. The monoisotopic (exact) mass is 316 g/mol. The van der Waals surface area contributed by atoms with E-state index in [1.807, 2.05) is 27.7 Å². The van der Waals surface area contributed by atoms with Gasteiger partial charge in [0.25, 0.3) is 0 Å². The van der Waals surface area contributed by atoms with Gasteiger partial charge in [0, 0.05) is 25.7 Å². The number of hydrogen-bond acceptors (Lipinski definition) is 5. The Balaban J connectivity index is 2.45. The highest BCUT2D eigenvalue weighted by atomic mass is 16.6. The highest BCUT2D eigenvalue weighted by Gasteiger charge is 2.31. The standard InChI is InChI=1S/C16H32N2O4/c1-6-20-9-7-17-13(2)11-14-12-21-10-8-18(14)15(19)22-16(3,4)5/h13-14,17H,6-12H2,1-5H3. The minimum Gasteiger partial charge on any atom is -0.444 e. The molecule has 0 saturated carbocycles. The smallest absolute Gasteiger partial charge is 0.410 e. The largest absolute Gasteiger partial charge is 0.444 e. The van der Waals surface area contributed by atoms with Crippen LogP contribution in [0.2, 0.25) is 0 Å². The molecule has 6 nitrogen and oxygen atoms in total. The number of hydrogen-bond donors (Lipinski definition) is 1. The van der Waals surface area contributed by atoms with Crippen molar-refractivity contribution in [3.63, 3.8) is 0 Å². The third-order valence-corrected chi connectivity index (χ3v) is 3.42. The van der Waals surface area contributed by atoms with E-state index in [2.05, 4.69) is 12.2 Å². The van der Waals surface area contributed by atoms with Gasteiger partial charge in [-0.25, -0.2) is 4.79 Å². The van der Waals surface area contributed by atoms with E-state index >= 15 is 0 Å². The fourth-order valence-corrected chi connectivity index (χ4v) is 2.42. The minimum absolute atomic E-state index is 0.0539. The van der Waals surface area contributed by atoms with Crippen molar-refractivity contribution in [1.29, 1.82) is 0 Å². The summed E-state index contributed by atoms with van der Waals surface area (Å²) in [4.78, 5) is 14.1. The molecule has 0 spiro atoms. The van der Waals surface area contributed by atoms with Crippen LogP contribution in [0.25, 0.3) is 0 Å². The first-order valence-electron chi connectivity index (χ1n) is 8.22. The second kappa shape index (κ2) is 9.33. The normalized spacial score (nSPS) is 20.8. The molecule has 1 saturated heterocycles. The van der Waals surface area contributed by atoms with Crippen LogP contribution in [0.4, 0.5) is 4.79 Å². The van der Waals surface area contributed by atoms with Crippen molar-refractivity contribution >= 4 is 6.09 Å². The highest BCUT2D eigenvalue weighted by Crippen LogP contribution is 2.17. The summed E-state index contributed by atoms with van der Waals surface area (Å²) in [5, 5.41) is 3.41. The maximum absolute atomic E-state index is 12.3. The second-order valence-corrected chi connectivity index (χ2v) is 6.69. The molecule has 1 N–H and O–H groups in total. The number of carbonyl (C=O) groups excluding carboxylic acids is 1. The number of nitrogens with one attached hydrogen (secondary N) is 1. The average molecular weight is 316 g/mol. The van der Waals surface area contributed by atoms with E-state index in [-0.39, 0.29) is 18.2 Å². The predicted molar refractivity (Wildman–Crippen MR) is 86.1 cm³/mol. The summed E-state index contributed by atoms with van der Waals surface area (Å²) in [6.45, 7) is 13.7. The van der Waals surface area contributed by atoms with E-state index in [4.69, 9.17) is 14.2 Å². The summed E-state index contributed by atoms with van der Waals surface area (Å²) < 4.78 is 16.3. The van der Waals surface area contributed by atoms with Crippen LogP contribution in [-0.2, 0) is 14.2 Å². The molecule has 0 aromatic carbocycles. The first kappa shape index (κ1) is 19.2. The Morgan fingerprint density at radius 1 is 1.45 bits per heavy atom. The quantitative estimate of drug-likeness (QED) is 0.728. The van der Waals surface area contributed by atoms with Crippen LogP contribution >= 0.6 is 0 Å². The van der Waals surface area contributed by atoms with Gasteiger partial charge in [-0.15, -0.1) is 0 Å². The van der Waals surface area contributed by atoms with Crippen LogP contribution in [0.3, 0.4) is 0 Å². The van der Waals surface area contributed by atoms with Crippen LogP contribution < -0.4 is 5.32 Å². The molecule has 0 aromatic rings. The van der Waals surface area contributed by atoms with Crippen LogP contribution in [0.1, 0.15) is 41.0 Å². The lowest BCUT2D eigenvalue weighted by atomic mass is 10.1. The summed E-state index contributed by atoms with van der Waals surface area (Å²) in [5.41, 5.74) is -0.471. The Morgan fingerprint density at radius 3 is 2.82 bits per heavy atom. The molecule has 0 bridgehead atoms. The number of ether oxygens (including phenoxy) is 3. The van der Waals surface area contributed by atoms with Crippen LogP contribution in [0.15, 0.2) is 0 Å². The van der Waals surface area contributed by atoms with Crippen molar-refractivity contribution in [2.75, 3.05) is 39.5 Å². The molecular weight excluding hydrogens is 284 g/mol. The van der Waals surface area contributed by atoms with Crippen LogP contribution in [0.5, 0.6) is 0 Å². The summed E-state index contributed by atoms with van der Waals surface area (Å²) in [5.74, 6) is 0. The molecule has 1 rings (SSSR count). The van der Waals surface area contributed by atoms with Gasteiger partial charge in [0.2, 0.25) is 0 Å². The predicted octanol–water partition coefficient (Wildman–Crippen LogP) is 2.03. The van der Waals surface area contributed by atoms with Gasteiger partial charge in [0.15, 0.2) is 0 Å². The van der Waals surface area contributed by atoms with Crippen LogP contribution in [0, 0.1) is 0 Å². The highest BCUT2D eigenvalue weighted by molar-refractivity contribution is 5.68. The van der Waals surface area contributed by atoms with E-state index in [0.29, 0.717) is 26.4 Å². The van der Waals surface area contributed by atoms with Gasteiger partial charge in [-0.2, -0.15) is 0 Å². The molecule has 0 radical (unpaired) electrons. The Bertz CT molecular complexity index is 331. The molecule has 1 amide bonds. The summed E-state index contributed by atoms with van der Waals surface area (Å²) in [6.07, 6.45) is 0.591. The summed E-state index contributed by atoms with van der Waals surface area (Å²) in [7, 11) is 0. The van der Waals surface area contributed by atoms with Gasteiger partial charge in [-0.3, -0.25) is 0 Å². The maximum atomic E-state index is 12.3. The first-order valence-corrected chi connectivity index (χ1v) is 8.22. The number of morpholine rings is 1. The summed E-state index contributed by atoms with van der Waals surface area (Å²) >= 11 is 0. The Kier molecular flexibility index (Phi) is 8.14. The zero-order valence-electron chi connectivity index (χ0n) is 14.7. The molecule has 2 atom stereocenters. The number of nitrogens with zero attached hydrogens (tertiary/aromatic N) is 1. The molecule has 1 aliphatic rings. The van der Waals surface area contributed by atoms with E-state index in [9.17, 15) is 4.79 Å². The SMILES string of the molecule is CCOCCNC(C)CC1COCCN1C(=O)OC(C)(C)C. The van der Waals surface area contributed by atoms with Crippen molar-refractivity contribution < 1.29 is 19.0 Å². The van der Waals surface area contributed by atoms with Crippen molar-refractivity contribution in [2.45, 2.75) is 58.7 Å². The lowest BCUT2D eigenvalue weighted by Gasteiger charge is -2.37. The van der Waals surface area contributed by atoms with E-state index in [1.54, 1.807) is 4.90 Å². The fourth-order valence-electron chi connectivity index (χ4n) is 2.42. The molecule has 1 heterocycles. The zero-order chi connectivity index (χ0) is 16.6. The topological polar surface area (TPSA) is 60.0 Å².